The predicted octanol–water partition coefficient (Wildman–Crippen LogP) is 0.333. The molecular formula is C7H8O4. The lowest BCUT2D eigenvalue weighted by Crippen LogP contribution is -2.07. The SMILES string of the molecule is CC(=O)C1=C(O)[C@@H](C)OC1=O. The van der Waals surface area contributed by atoms with Gasteiger partial charge in [-0.25, -0.2) is 4.79 Å². The summed E-state index contributed by atoms with van der Waals surface area (Å²) >= 11 is 0. The maximum absolute atomic E-state index is 10.8. The summed E-state index contributed by atoms with van der Waals surface area (Å²) in [6, 6.07) is 0. The van der Waals surface area contributed by atoms with Crippen LogP contribution in [0.1, 0.15) is 13.8 Å². The monoisotopic (exact) mass is 156 g/mol. The molecule has 0 fully saturated rings. The number of esters is 1. The molecule has 4 nitrogen and oxygen atoms in total. The van der Waals surface area contributed by atoms with Crippen molar-refractivity contribution >= 4 is 11.8 Å². The third-order valence-electron chi connectivity index (χ3n) is 1.48. The van der Waals surface area contributed by atoms with Crippen LogP contribution in [0.3, 0.4) is 0 Å². The van der Waals surface area contributed by atoms with Gasteiger partial charge in [-0.1, -0.05) is 0 Å². The largest absolute Gasteiger partial charge is 0.507 e. The van der Waals surface area contributed by atoms with Crippen molar-refractivity contribution in [1.82, 2.24) is 0 Å². The third-order valence-corrected chi connectivity index (χ3v) is 1.48. The maximum atomic E-state index is 10.8. The van der Waals surface area contributed by atoms with E-state index in [2.05, 4.69) is 4.74 Å². The van der Waals surface area contributed by atoms with Crippen molar-refractivity contribution < 1.29 is 19.4 Å². The lowest BCUT2D eigenvalue weighted by atomic mass is 10.1. The van der Waals surface area contributed by atoms with Crippen LogP contribution in [0.2, 0.25) is 0 Å². The fourth-order valence-electron chi connectivity index (χ4n) is 0.907. The van der Waals surface area contributed by atoms with Crippen LogP contribution in [-0.2, 0) is 14.3 Å². The summed E-state index contributed by atoms with van der Waals surface area (Å²) in [5.74, 6) is -1.46. The number of aliphatic hydroxyl groups excluding tert-OH is 1. The topological polar surface area (TPSA) is 63.6 Å². The number of aliphatic hydroxyl groups is 1. The summed E-state index contributed by atoms with van der Waals surface area (Å²) in [7, 11) is 0. The summed E-state index contributed by atoms with van der Waals surface area (Å²) in [5.41, 5.74) is -0.225. The highest BCUT2D eigenvalue weighted by Crippen LogP contribution is 2.20. The minimum absolute atomic E-state index is 0.225. The summed E-state index contributed by atoms with van der Waals surface area (Å²) < 4.78 is 4.56. The highest BCUT2D eigenvalue weighted by atomic mass is 16.6. The minimum Gasteiger partial charge on any atom is -0.507 e. The third kappa shape index (κ3) is 1.11. The number of hydrogen-bond acceptors (Lipinski definition) is 4. The van der Waals surface area contributed by atoms with Crippen LogP contribution in [0.25, 0.3) is 0 Å². The standard InChI is InChI=1S/C7H8O4/c1-3(8)5-6(9)4(2)11-7(5)10/h4,9H,1-2H3/t4-/m1/s1. The second kappa shape index (κ2) is 2.38. The van der Waals surface area contributed by atoms with Crippen LogP contribution < -0.4 is 0 Å². The predicted molar refractivity (Wildman–Crippen MR) is 35.9 cm³/mol. The van der Waals surface area contributed by atoms with Crippen molar-refractivity contribution in [2.45, 2.75) is 20.0 Å². The van der Waals surface area contributed by atoms with Gasteiger partial charge in [-0.15, -0.1) is 0 Å². The Morgan fingerprint density at radius 2 is 2.18 bits per heavy atom. The molecule has 1 aliphatic rings. The van der Waals surface area contributed by atoms with Gasteiger partial charge in [0.15, 0.2) is 17.6 Å². The van der Waals surface area contributed by atoms with Crippen LogP contribution in [0.4, 0.5) is 0 Å². The molecule has 0 aromatic heterocycles. The molecule has 0 saturated heterocycles. The molecule has 1 aliphatic heterocycles. The fraction of sp³-hybridized carbons (Fsp3) is 0.429. The number of carbonyl (C=O) groups excluding carboxylic acids is 2. The molecule has 1 N–H and O–H groups in total. The molecule has 0 aromatic rings. The van der Waals surface area contributed by atoms with Gasteiger partial charge < -0.3 is 9.84 Å². The average Bonchev–Trinajstić information content (AvgIpc) is 2.07. The molecule has 0 saturated carbocycles. The number of ether oxygens (including phenoxy) is 1. The van der Waals surface area contributed by atoms with Crippen LogP contribution in [-0.4, -0.2) is 23.0 Å². The number of rotatable bonds is 1. The molecule has 0 aromatic carbocycles. The Kier molecular flexibility index (Phi) is 1.68. The molecule has 1 rings (SSSR count). The van der Waals surface area contributed by atoms with Crippen molar-refractivity contribution in [2.24, 2.45) is 0 Å². The molecule has 0 aliphatic carbocycles. The van der Waals surface area contributed by atoms with E-state index in [1.807, 2.05) is 0 Å². The van der Waals surface area contributed by atoms with E-state index in [-0.39, 0.29) is 11.3 Å². The summed E-state index contributed by atoms with van der Waals surface area (Å²) in [5, 5.41) is 9.11. The summed E-state index contributed by atoms with van der Waals surface area (Å²) in [6.45, 7) is 2.72. The zero-order valence-corrected chi connectivity index (χ0v) is 6.25. The highest BCUT2D eigenvalue weighted by Gasteiger charge is 2.33. The van der Waals surface area contributed by atoms with Gasteiger partial charge in [-0.3, -0.25) is 4.79 Å². The van der Waals surface area contributed by atoms with E-state index in [9.17, 15) is 9.59 Å². The molecule has 1 heterocycles. The molecule has 0 amide bonds. The normalized spacial score (nSPS) is 23.8. The van der Waals surface area contributed by atoms with Crippen LogP contribution in [0, 0.1) is 0 Å². The van der Waals surface area contributed by atoms with Crippen LogP contribution in [0.15, 0.2) is 11.3 Å². The zero-order chi connectivity index (χ0) is 8.59. The second-order valence-electron chi connectivity index (χ2n) is 2.36. The molecular weight excluding hydrogens is 148 g/mol. The zero-order valence-electron chi connectivity index (χ0n) is 6.25. The molecule has 0 bridgehead atoms. The second-order valence-corrected chi connectivity index (χ2v) is 2.36. The Bertz CT molecular complexity index is 251. The lowest BCUT2D eigenvalue weighted by molar-refractivity contribution is -0.140. The number of cyclic esters (lactones) is 1. The van der Waals surface area contributed by atoms with E-state index < -0.39 is 17.9 Å². The Morgan fingerprint density at radius 1 is 1.64 bits per heavy atom. The van der Waals surface area contributed by atoms with Gasteiger partial charge in [0.25, 0.3) is 0 Å². The smallest absolute Gasteiger partial charge is 0.346 e. The van der Waals surface area contributed by atoms with E-state index in [1.54, 1.807) is 0 Å². The first kappa shape index (κ1) is 7.78. The summed E-state index contributed by atoms with van der Waals surface area (Å²) in [6.07, 6.45) is -0.679. The molecule has 1 atom stereocenters. The van der Waals surface area contributed by atoms with E-state index in [1.165, 1.54) is 13.8 Å². The summed E-state index contributed by atoms with van der Waals surface area (Å²) in [4.78, 5) is 21.5. The van der Waals surface area contributed by atoms with Gasteiger partial charge in [-0.2, -0.15) is 0 Å². The van der Waals surface area contributed by atoms with E-state index >= 15 is 0 Å². The van der Waals surface area contributed by atoms with Gasteiger partial charge in [0.05, 0.1) is 0 Å². The van der Waals surface area contributed by atoms with E-state index in [4.69, 9.17) is 5.11 Å². The Morgan fingerprint density at radius 3 is 2.36 bits per heavy atom. The van der Waals surface area contributed by atoms with Gasteiger partial charge in [0.2, 0.25) is 0 Å². The van der Waals surface area contributed by atoms with Gasteiger partial charge in [-0.05, 0) is 13.8 Å². The molecule has 60 valence electrons. The van der Waals surface area contributed by atoms with Crippen molar-refractivity contribution in [3.63, 3.8) is 0 Å². The first-order chi connectivity index (χ1) is 5.04. The molecule has 0 radical (unpaired) electrons. The van der Waals surface area contributed by atoms with Crippen LogP contribution >= 0.6 is 0 Å². The van der Waals surface area contributed by atoms with Crippen molar-refractivity contribution in [3.8, 4) is 0 Å². The maximum Gasteiger partial charge on any atom is 0.346 e. The average molecular weight is 156 g/mol. The highest BCUT2D eigenvalue weighted by molar-refractivity contribution is 6.18. The minimum atomic E-state index is -0.734. The first-order valence-electron chi connectivity index (χ1n) is 3.19. The lowest BCUT2D eigenvalue weighted by Gasteiger charge is -1.99. The molecule has 0 spiro atoms. The Hall–Kier alpha value is -1.32. The van der Waals surface area contributed by atoms with E-state index in [0.717, 1.165) is 0 Å². The Labute approximate surface area is 63.5 Å². The molecule has 4 heteroatoms. The van der Waals surface area contributed by atoms with Crippen molar-refractivity contribution in [3.05, 3.63) is 11.3 Å². The first-order valence-corrected chi connectivity index (χ1v) is 3.19. The van der Waals surface area contributed by atoms with Crippen molar-refractivity contribution in [1.29, 1.82) is 0 Å². The number of carbonyl (C=O) groups is 2. The number of Topliss-reactive ketones (excluding diaryl/α,β-unsaturated/α-hetero) is 1. The number of ketones is 1. The van der Waals surface area contributed by atoms with E-state index in [0.29, 0.717) is 0 Å². The number of hydrogen-bond donors (Lipinski definition) is 1. The Balaban J connectivity index is 3.07. The molecule has 11 heavy (non-hydrogen) atoms. The van der Waals surface area contributed by atoms with Gasteiger partial charge in [0, 0.05) is 0 Å². The van der Waals surface area contributed by atoms with Crippen LogP contribution in [0.5, 0.6) is 0 Å². The van der Waals surface area contributed by atoms with Gasteiger partial charge >= 0.3 is 5.97 Å². The fourth-order valence-corrected chi connectivity index (χ4v) is 0.907. The van der Waals surface area contributed by atoms with Crippen molar-refractivity contribution in [2.75, 3.05) is 0 Å². The van der Waals surface area contributed by atoms with Gasteiger partial charge in [0.1, 0.15) is 5.57 Å². The molecule has 0 unspecified atom stereocenters. The quantitative estimate of drug-likeness (QED) is 0.439.